The number of hydrogen-bond acceptors (Lipinski definition) is 5. The van der Waals surface area contributed by atoms with E-state index >= 15 is 0 Å². The van der Waals surface area contributed by atoms with Crippen molar-refractivity contribution < 1.29 is 19.9 Å². The van der Waals surface area contributed by atoms with Crippen molar-refractivity contribution in [2.75, 3.05) is 0 Å². The third-order valence-electron chi connectivity index (χ3n) is 2.01. The lowest BCUT2D eigenvalue weighted by atomic mass is 10.0. The maximum absolute atomic E-state index is 10.4. The Morgan fingerprint density at radius 2 is 1.94 bits per heavy atom. The second kappa shape index (κ2) is 5.04. The number of carbonyl (C=O) groups is 1. The molecule has 0 heterocycles. The summed E-state index contributed by atoms with van der Waals surface area (Å²) in [6.07, 6.45) is -0.853. The summed E-state index contributed by atoms with van der Waals surface area (Å²) >= 11 is 0. The van der Waals surface area contributed by atoms with Crippen LogP contribution < -0.4 is 5.11 Å². The lowest BCUT2D eigenvalue weighted by molar-refractivity contribution is -0.384. The van der Waals surface area contributed by atoms with Crippen LogP contribution in [-0.4, -0.2) is 16.3 Å². The van der Waals surface area contributed by atoms with Gasteiger partial charge in [0, 0.05) is 17.7 Å². The molecular weight excluding hydrogens is 214 g/mol. The molecule has 0 saturated carbocycles. The minimum Gasteiger partial charge on any atom is -0.878 e. The van der Waals surface area contributed by atoms with Gasteiger partial charge in [-0.3, -0.25) is 14.9 Å². The molecule has 0 saturated heterocycles. The predicted octanol–water partition coefficient (Wildman–Crippen LogP) is 0.0713. The van der Waals surface area contributed by atoms with Crippen LogP contribution >= 0.6 is 0 Å². The average Bonchev–Trinajstić information content (AvgIpc) is 2.30. The Kier molecular flexibility index (Phi) is 3.73. The molecule has 16 heavy (non-hydrogen) atoms. The summed E-state index contributed by atoms with van der Waals surface area (Å²) in [4.78, 5) is 20.2. The number of benzene rings is 1. The smallest absolute Gasteiger partial charge is 0.269 e. The number of nitro groups is 1. The van der Waals surface area contributed by atoms with E-state index in [1.54, 1.807) is 0 Å². The topological polar surface area (TPSA) is 104 Å². The minimum atomic E-state index is -1.35. The predicted molar refractivity (Wildman–Crippen MR) is 52.2 cm³/mol. The SMILES string of the molecule is O=C/C(=C\[O-])C(O)c1ccc([N+](=O)[O-])cc1. The molecule has 0 spiro atoms. The Hall–Kier alpha value is -2.21. The van der Waals surface area contributed by atoms with Gasteiger partial charge >= 0.3 is 0 Å². The van der Waals surface area contributed by atoms with Gasteiger partial charge in [0.1, 0.15) is 12.4 Å². The zero-order valence-corrected chi connectivity index (χ0v) is 8.07. The zero-order valence-electron chi connectivity index (χ0n) is 8.07. The number of nitro benzene ring substituents is 1. The quantitative estimate of drug-likeness (QED) is 0.255. The van der Waals surface area contributed by atoms with Crippen LogP contribution in [-0.2, 0) is 4.79 Å². The highest BCUT2D eigenvalue weighted by Gasteiger charge is 2.12. The van der Waals surface area contributed by atoms with E-state index in [-0.39, 0.29) is 29.4 Å². The first-order valence-corrected chi connectivity index (χ1v) is 4.29. The molecule has 1 unspecified atom stereocenters. The fourth-order valence-corrected chi connectivity index (χ4v) is 1.13. The summed E-state index contributed by atoms with van der Waals surface area (Å²) in [6.45, 7) is 0. The van der Waals surface area contributed by atoms with Crippen LogP contribution in [0.3, 0.4) is 0 Å². The molecule has 6 heteroatoms. The average molecular weight is 222 g/mol. The van der Waals surface area contributed by atoms with E-state index in [0.717, 1.165) is 0 Å². The van der Waals surface area contributed by atoms with Gasteiger partial charge in [-0.15, -0.1) is 6.26 Å². The van der Waals surface area contributed by atoms with Crippen LogP contribution in [0.2, 0.25) is 0 Å². The molecule has 0 bridgehead atoms. The second-order valence-corrected chi connectivity index (χ2v) is 2.99. The number of aliphatic hydroxyl groups is 1. The highest BCUT2D eigenvalue weighted by molar-refractivity contribution is 5.74. The monoisotopic (exact) mass is 222 g/mol. The third-order valence-corrected chi connectivity index (χ3v) is 2.01. The van der Waals surface area contributed by atoms with Crippen LogP contribution in [0.1, 0.15) is 11.7 Å². The molecule has 1 rings (SSSR count). The summed E-state index contributed by atoms with van der Waals surface area (Å²) in [5.41, 5.74) is -0.205. The molecule has 84 valence electrons. The van der Waals surface area contributed by atoms with E-state index in [1.807, 2.05) is 0 Å². The molecule has 1 aromatic rings. The summed E-state index contributed by atoms with van der Waals surface area (Å²) in [5, 5.41) is 30.3. The van der Waals surface area contributed by atoms with E-state index in [1.165, 1.54) is 24.3 Å². The van der Waals surface area contributed by atoms with Crippen LogP contribution in [0.25, 0.3) is 0 Å². The van der Waals surface area contributed by atoms with Crippen molar-refractivity contribution in [2.45, 2.75) is 6.10 Å². The molecule has 0 aromatic heterocycles. The van der Waals surface area contributed by atoms with Gasteiger partial charge in [0.05, 0.1) is 4.92 Å². The van der Waals surface area contributed by atoms with Gasteiger partial charge in [-0.05, 0) is 17.7 Å². The maximum Gasteiger partial charge on any atom is 0.269 e. The summed E-state index contributed by atoms with van der Waals surface area (Å²) in [7, 11) is 0. The Morgan fingerprint density at radius 3 is 2.31 bits per heavy atom. The molecule has 6 nitrogen and oxygen atoms in total. The van der Waals surface area contributed by atoms with Crippen molar-refractivity contribution in [3.63, 3.8) is 0 Å². The van der Waals surface area contributed by atoms with E-state index in [9.17, 15) is 25.1 Å². The summed E-state index contributed by atoms with van der Waals surface area (Å²) < 4.78 is 0. The fourth-order valence-electron chi connectivity index (χ4n) is 1.13. The molecular formula is C10H8NO5-. The molecule has 0 fully saturated rings. The molecule has 0 aliphatic rings. The van der Waals surface area contributed by atoms with E-state index in [0.29, 0.717) is 0 Å². The Morgan fingerprint density at radius 1 is 1.38 bits per heavy atom. The van der Waals surface area contributed by atoms with Gasteiger partial charge in [-0.2, -0.15) is 0 Å². The highest BCUT2D eigenvalue weighted by Crippen LogP contribution is 2.21. The second-order valence-electron chi connectivity index (χ2n) is 2.99. The first-order chi connectivity index (χ1) is 7.60. The first-order valence-electron chi connectivity index (χ1n) is 4.29. The summed E-state index contributed by atoms with van der Waals surface area (Å²) in [6, 6.07) is 4.95. The van der Waals surface area contributed by atoms with Gasteiger partial charge < -0.3 is 10.2 Å². The van der Waals surface area contributed by atoms with E-state index in [4.69, 9.17) is 0 Å². The Balaban J connectivity index is 2.98. The number of aliphatic hydroxyl groups excluding tert-OH is 1. The minimum absolute atomic E-state index is 0.130. The Bertz CT molecular complexity index is 423. The number of non-ortho nitro benzene ring substituents is 1. The molecule has 0 radical (unpaired) electrons. The molecule has 0 amide bonds. The van der Waals surface area contributed by atoms with Gasteiger partial charge in [0.25, 0.3) is 5.69 Å². The lowest BCUT2D eigenvalue weighted by Crippen LogP contribution is -2.06. The van der Waals surface area contributed by atoms with E-state index < -0.39 is 11.0 Å². The van der Waals surface area contributed by atoms with Crippen LogP contribution in [0.4, 0.5) is 5.69 Å². The van der Waals surface area contributed by atoms with Crippen molar-refractivity contribution in [1.82, 2.24) is 0 Å². The first kappa shape index (κ1) is 11.9. The molecule has 1 aromatic carbocycles. The molecule has 1 atom stereocenters. The fraction of sp³-hybridized carbons (Fsp3) is 0.100. The highest BCUT2D eigenvalue weighted by atomic mass is 16.6. The van der Waals surface area contributed by atoms with Crippen molar-refractivity contribution >= 4 is 12.0 Å². The van der Waals surface area contributed by atoms with Gasteiger partial charge in [0.15, 0.2) is 0 Å². The van der Waals surface area contributed by atoms with Crippen molar-refractivity contribution in [3.05, 3.63) is 51.8 Å². The number of nitrogens with zero attached hydrogens (tertiary/aromatic N) is 1. The zero-order chi connectivity index (χ0) is 12.1. The number of carbonyl (C=O) groups excluding carboxylic acids is 1. The standard InChI is InChI=1S/C10H9NO5/c12-5-8(6-13)10(14)7-1-3-9(4-2-7)11(15)16/h1-6,10,12,14H/p-1/b8-5+. The lowest BCUT2D eigenvalue weighted by Gasteiger charge is -2.11. The Labute approximate surface area is 90.6 Å². The number of hydrogen-bond donors (Lipinski definition) is 1. The van der Waals surface area contributed by atoms with Gasteiger partial charge in [0.2, 0.25) is 0 Å². The van der Waals surface area contributed by atoms with Gasteiger partial charge in [-0.25, -0.2) is 0 Å². The van der Waals surface area contributed by atoms with Crippen molar-refractivity contribution in [3.8, 4) is 0 Å². The number of rotatable bonds is 4. The third kappa shape index (κ3) is 2.43. The van der Waals surface area contributed by atoms with Crippen molar-refractivity contribution in [1.29, 1.82) is 0 Å². The van der Waals surface area contributed by atoms with Gasteiger partial charge in [-0.1, -0.05) is 0 Å². The van der Waals surface area contributed by atoms with Crippen LogP contribution in [0.15, 0.2) is 36.1 Å². The molecule has 0 aliphatic carbocycles. The normalized spacial score (nSPS) is 13.2. The van der Waals surface area contributed by atoms with Crippen LogP contribution in [0.5, 0.6) is 0 Å². The largest absolute Gasteiger partial charge is 0.878 e. The summed E-state index contributed by atoms with van der Waals surface area (Å²) in [5.74, 6) is 0. The van der Waals surface area contributed by atoms with Crippen LogP contribution in [0, 0.1) is 10.1 Å². The van der Waals surface area contributed by atoms with Crippen molar-refractivity contribution in [2.24, 2.45) is 0 Å². The molecule has 0 aliphatic heterocycles. The number of aldehydes is 1. The van der Waals surface area contributed by atoms with E-state index in [2.05, 4.69) is 0 Å². The molecule has 1 N–H and O–H groups in total. The maximum atomic E-state index is 10.4.